The van der Waals surface area contributed by atoms with Crippen molar-refractivity contribution in [2.75, 3.05) is 0 Å². The summed E-state index contributed by atoms with van der Waals surface area (Å²) in [6.45, 7) is 3.21. The second kappa shape index (κ2) is 6.93. The Hall–Kier alpha value is -2.78. The van der Waals surface area contributed by atoms with Crippen LogP contribution in [0.3, 0.4) is 0 Å². The van der Waals surface area contributed by atoms with Crippen LogP contribution in [-0.4, -0.2) is 62.7 Å². The fourth-order valence-corrected chi connectivity index (χ4v) is 3.74. The van der Waals surface area contributed by atoms with E-state index in [1.165, 1.54) is 31.2 Å². The van der Waals surface area contributed by atoms with Crippen LogP contribution in [0, 0.1) is 6.92 Å². The van der Waals surface area contributed by atoms with E-state index < -0.39 is 42.3 Å². The number of hydrogen-bond acceptors (Lipinski definition) is 8. The van der Waals surface area contributed by atoms with Gasteiger partial charge in [-0.05, 0) is 37.6 Å². The maximum atomic E-state index is 13.1. The van der Waals surface area contributed by atoms with Gasteiger partial charge in [-0.15, -0.1) is 0 Å². The van der Waals surface area contributed by atoms with Gasteiger partial charge in [-0.2, -0.15) is 0 Å². The number of rotatable bonds is 2. The van der Waals surface area contributed by atoms with Crippen molar-refractivity contribution in [2.45, 2.75) is 44.6 Å². The summed E-state index contributed by atoms with van der Waals surface area (Å²) in [7, 11) is 0. The van der Waals surface area contributed by atoms with Gasteiger partial charge in [0.2, 0.25) is 12.1 Å². The first-order chi connectivity index (χ1) is 13.7. The van der Waals surface area contributed by atoms with Crippen molar-refractivity contribution in [2.24, 2.45) is 0 Å². The lowest BCUT2D eigenvalue weighted by atomic mass is 9.82. The molecule has 1 aliphatic carbocycles. The first kappa shape index (κ1) is 19.5. The standard InChI is InChI=1S/C21H20O8/c1-8-6-11-14(12(22)7-8)18(25)15-10(17(11)24)4-3-5-13(15)29-21-20(27)19(26)16(23)9(2)28-21/h3-7,9,16,19-23,26-27H,1-2H3/t9-,16?,19+,20?,21+/m1/s1. The summed E-state index contributed by atoms with van der Waals surface area (Å²) in [6.07, 6.45) is -6.58. The maximum absolute atomic E-state index is 13.1. The molecule has 2 aliphatic rings. The van der Waals surface area contributed by atoms with Gasteiger partial charge in [0.05, 0.1) is 17.2 Å². The number of aryl methyl sites for hydroxylation is 1. The number of carbonyl (C=O) groups excluding carboxylic acids is 2. The molecule has 1 heterocycles. The molecule has 152 valence electrons. The summed E-state index contributed by atoms with van der Waals surface area (Å²) in [4.78, 5) is 26.1. The summed E-state index contributed by atoms with van der Waals surface area (Å²) in [6, 6.07) is 7.36. The van der Waals surface area contributed by atoms with Gasteiger partial charge in [0.15, 0.2) is 5.78 Å². The van der Waals surface area contributed by atoms with E-state index in [1.54, 1.807) is 13.0 Å². The zero-order valence-corrected chi connectivity index (χ0v) is 15.7. The Morgan fingerprint density at radius 1 is 0.931 bits per heavy atom. The minimum Gasteiger partial charge on any atom is -0.507 e. The van der Waals surface area contributed by atoms with Crippen LogP contribution in [0.2, 0.25) is 0 Å². The van der Waals surface area contributed by atoms with Gasteiger partial charge in [-0.1, -0.05) is 12.1 Å². The summed E-state index contributed by atoms with van der Waals surface area (Å²) < 4.78 is 11.1. The molecule has 1 saturated heterocycles. The predicted molar refractivity (Wildman–Crippen MR) is 99.1 cm³/mol. The van der Waals surface area contributed by atoms with Crippen LogP contribution in [0.1, 0.15) is 44.3 Å². The Balaban J connectivity index is 1.76. The quantitative estimate of drug-likeness (QED) is 0.494. The number of aliphatic hydroxyl groups excluding tert-OH is 3. The zero-order chi connectivity index (χ0) is 21.0. The first-order valence-corrected chi connectivity index (χ1v) is 9.13. The molecule has 2 aromatic rings. The van der Waals surface area contributed by atoms with E-state index in [1.807, 2.05) is 0 Å². The lowest BCUT2D eigenvalue weighted by Crippen LogP contribution is -2.58. The molecule has 29 heavy (non-hydrogen) atoms. The molecule has 8 nitrogen and oxygen atoms in total. The number of phenolic OH excluding ortho intramolecular Hbond substituents is 1. The second-order valence-corrected chi connectivity index (χ2v) is 7.34. The lowest BCUT2D eigenvalue weighted by Gasteiger charge is -2.39. The van der Waals surface area contributed by atoms with Crippen molar-refractivity contribution in [1.29, 1.82) is 0 Å². The van der Waals surface area contributed by atoms with Gasteiger partial charge >= 0.3 is 0 Å². The Bertz CT molecular complexity index is 1010. The number of ether oxygens (including phenoxy) is 2. The SMILES string of the molecule is Cc1cc(O)c2c(c1)C(=O)c1cccc(O[C@@H]3O[C@H](C)C(O)[C@H](O)C3O)c1C2=O. The molecule has 0 saturated carbocycles. The molecule has 2 unspecified atom stereocenters. The fourth-order valence-electron chi connectivity index (χ4n) is 3.74. The largest absolute Gasteiger partial charge is 0.507 e. The fraction of sp³-hybridized carbons (Fsp3) is 0.333. The highest BCUT2D eigenvalue weighted by Gasteiger charge is 2.44. The van der Waals surface area contributed by atoms with Crippen molar-refractivity contribution in [3.05, 3.63) is 58.1 Å². The normalized spacial score (nSPS) is 28.7. The molecule has 8 heteroatoms. The molecule has 0 bridgehead atoms. The Morgan fingerprint density at radius 3 is 2.38 bits per heavy atom. The van der Waals surface area contributed by atoms with E-state index in [-0.39, 0.29) is 33.8 Å². The third-order valence-electron chi connectivity index (χ3n) is 5.28. The average molecular weight is 400 g/mol. The highest BCUT2D eigenvalue weighted by molar-refractivity contribution is 6.30. The van der Waals surface area contributed by atoms with Gasteiger partial charge in [0, 0.05) is 11.1 Å². The number of hydrogen-bond donors (Lipinski definition) is 4. The highest BCUT2D eigenvalue weighted by atomic mass is 16.7. The van der Waals surface area contributed by atoms with Crippen LogP contribution < -0.4 is 4.74 Å². The zero-order valence-electron chi connectivity index (χ0n) is 15.7. The van der Waals surface area contributed by atoms with Crippen LogP contribution in [0.25, 0.3) is 0 Å². The summed E-state index contributed by atoms with van der Waals surface area (Å²) in [5.41, 5.74) is 0.673. The topological polar surface area (TPSA) is 134 Å². The summed E-state index contributed by atoms with van der Waals surface area (Å²) in [5, 5.41) is 40.2. The van der Waals surface area contributed by atoms with E-state index in [0.29, 0.717) is 5.56 Å². The smallest absolute Gasteiger partial charge is 0.229 e. The molecule has 0 radical (unpaired) electrons. The van der Waals surface area contributed by atoms with E-state index >= 15 is 0 Å². The average Bonchev–Trinajstić information content (AvgIpc) is 2.68. The number of phenols is 1. The number of aliphatic hydroxyl groups is 3. The van der Waals surface area contributed by atoms with E-state index in [4.69, 9.17) is 9.47 Å². The monoisotopic (exact) mass is 400 g/mol. The number of ketones is 2. The third kappa shape index (κ3) is 3.01. The first-order valence-electron chi connectivity index (χ1n) is 9.13. The maximum Gasteiger partial charge on any atom is 0.229 e. The Kier molecular flexibility index (Phi) is 4.66. The van der Waals surface area contributed by atoms with Crippen LogP contribution in [0.4, 0.5) is 0 Å². The molecule has 4 N–H and O–H groups in total. The summed E-state index contributed by atoms with van der Waals surface area (Å²) >= 11 is 0. The highest BCUT2D eigenvalue weighted by Crippen LogP contribution is 2.38. The van der Waals surface area contributed by atoms with Gasteiger partial charge in [-0.25, -0.2) is 0 Å². The van der Waals surface area contributed by atoms with Crippen LogP contribution in [0.5, 0.6) is 11.5 Å². The van der Waals surface area contributed by atoms with Crippen LogP contribution in [0.15, 0.2) is 30.3 Å². The van der Waals surface area contributed by atoms with E-state index in [9.17, 15) is 30.0 Å². The van der Waals surface area contributed by atoms with Gasteiger partial charge in [0.25, 0.3) is 0 Å². The molecular formula is C21H20O8. The number of aromatic hydroxyl groups is 1. The minimum atomic E-state index is -1.57. The molecule has 5 atom stereocenters. The second-order valence-electron chi connectivity index (χ2n) is 7.34. The van der Waals surface area contributed by atoms with Gasteiger partial charge < -0.3 is 29.9 Å². The summed E-state index contributed by atoms with van der Waals surface area (Å²) in [5.74, 6) is -1.37. The predicted octanol–water partition coefficient (Wildman–Crippen LogP) is 0.682. The Labute approximate surface area is 165 Å². The molecule has 2 aromatic carbocycles. The van der Waals surface area contributed by atoms with Crippen molar-refractivity contribution in [3.8, 4) is 11.5 Å². The van der Waals surface area contributed by atoms with Crippen molar-refractivity contribution >= 4 is 11.6 Å². The number of benzene rings is 2. The molecule has 0 amide bonds. The van der Waals surface area contributed by atoms with Crippen molar-refractivity contribution in [3.63, 3.8) is 0 Å². The molecule has 0 spiro atoms. The molecule has 1 aliphatic heterocycles. The molecule has 1 fully saturated rings. The molecule has 4 rings (SSSR count). The van der Waals surface area contributed by atoms with Gasteiger partial charge in [-0.3, -0.25) is 9.59 Å². The lowest BCUT2D eigenvalue weighted by molar-refractivity contribution is -0.268. The Morgan fingerprint density at radius 2 is 1.66 bits per heavy atom. The van der Waals surface area contributed by atoms with Gasteiger partial charge in [0.1, 0.15) is 29.8 Å². The van der Waals surface area contributed by atoms with E-state index in [0.717, 1.165) is 0 Å². The number of carbonyl (C=O) groups is 2. The van der Waals surface area contributed by atoms with Crippen molar-refractivity contribution < 1.29 is 39.5 Å². The molecular weight excluding hydrogens is 380 g/mol. The van der Waals surface area contributed by atoms with Crippen LogP contribution >= 0.6 is 0 Å². The third-order valence-corrected chi connectivity index (χ3v) is 5.28. The minimum absolute atomic E-state index is 0.0358. The van der Waals surface area contributed by atoms with Crippen LogP contribution in [-0.2, 0) is 4.74 Å². The number of fused-ring (bicyclic) bond motifs is 2. The van der Waals surface area contributed by atoms with Crippen molar-refractivity contribution in [1.82, 2.24) is 0 Å². The van der Waals surface area contributed by atoms with E-state index in [2.05, 4.69) is 0 Å². The molecule has 0 aromatic heterocycles.